The molecular weight excluding hydrogens is 312 g/mol. The normalized spacial score (nSPS) is 10.3. The lowest BCUT2D eigenvalue weighted by Gasteiger charge is -2.12. The molecule has 0 aliphatic rings. The van der Waals surface area contributed by atoms with Crippen LogP contribution in [0.2, 0.25) is 0 Å². The Kier molecular flexibility index (Phi) is 4.38. The third kappa shape index (κ3) is 3.11. The van der Waals surface area contributed by atoms with E-state index in [0.717, 1.165) is 34.4 Å². The Hall–Kier alpha value is -1.33. The predicted octanol–water partition coefficient (Wildman–Crippen LogP) is 3.33. The average Bonchev–Trinajstić information content (AvgIpc) is 2.81. The molecular formula is C13H13BrN2OS. The van der Waals surface area contributed by atoms with E-state index in [1.807, 2.05) is 30.3 Å². The Labute approximate surface area is 119 Å². The lowest BCUT2D eigenvalue weighted by atomic mass is 10.1. The van der Waals surface area contributed by atoms with E-state index in [1.165, 1.54) is 0 Å². The standard InChI is InChI=1S/C13H13BrN2OS/c14-10-4-1-5-11(12(10)13(15)18)16-7-6-9-3-2-8-17-9/h1-5,8,16H,6-7H2,(H2,15,18). The van der Waals surface area contributed by atoms with E-state index in [9.17, 15) is 0 Å². The van der Waals surface area contributed by atoms with Crippen molar-refractivity contribution in [1.29, 1.82) is 0 Å². The van der Waals surface area contributed by atoms with Gasteiger partial charge in [-0.25, -0.2) is 0 Å². The van der Waals surface area contributed by atoms with E-state index in [0.29, 0.717) is 4.99 Å². The number of anilines is 1. The van der Waals surface area contributed by atoms with Gasteiger partial charge in [0.15, 0.2) is 0 Å². The third-order valence-electron chi connectivity index (χ3n) is 2.53. The second-order valence-corrected chi connectivity index (χ2v) is 5.08. The van der Waals surface area contributed by atoms with Gasteiger partial charge in [-0.05, 0) is 40.2 Å². The molecule has 94 valence electrons. The molecule has 0 fully saturated rings. The van der Waals surface area contributed by atoms with Crippen molar-refractivity contribution in [1.82, 2.24) is 0 Å². The van der Waals surface area contributed by atoms with E-state index in [-0.39, 0.29) is 0 Å². The monoisotopic (exact) mass is 324 g/mol. The summed E-state index contributed by atoms with van der Waals surface area (Å²) >= 11 is 8.51. The molecule has 0 radical (unpaired) electrons. The van der Waals surface area contributed by atoms with Crippen LogP contribution in [0.1, 0.15) is 11.3 Å². The van der Waals surface area contributed by atoms with Crippen LogP contribution < -0.4 is 11.1 Å². The van der Waals surface area contributed by atoms with E-state index >= 15 is 0 Å². The molecule has 1 heterocycles. The van der Waals surface area contributed by atoms with Gasteiger partial charge >= 0.3 is 0 Å². The minimum Gasteiger partial charge on any atom is -0.469 e. The van der Waals surface area contributed by atoms with Crippen molar-refractivity contribution < 1.29 is 4.42 Å². The zero-order chi connectivity index (χ0) is 13.0. The predicted molar refractivity (Wildman–Crippen MR) is 80.9 cm³/mol. The number of nitrogens with one attached hydrogen (secondary N) is 1. The summed E-state index contributed by atoms with van der Waals surface area (Å²) < 4.78 is 6.17. The summed E-state index contributed by atoms with van der Waals surface area (Å²) in [6, 6.07) is 9.67. The molecule has 0 spiro atoms. The second-order valence-electron chi connectivity index (χ2n) is 3.78. The van der Waals surface area contributed by atoms with Crippen molar-refractivity contribution in [3.05, 3.63) is 52.4 Å². The smallest absolute Gasteiger partial charge is 0.107 e. The van der Waals surface area contributed by atoms with Gasteiger partial charge in [-0.15, -0.1) is 0 Å². The highest BCUT2D eigenvalue weighted by Gasteiger charge is 2.08. The molecule has 3 N–H and O–H groups in total. The molecule has 2 rings (SSSR count). The lowest BCUT2D eigenvalue weighted by molar-refractivity contribution is 0.513. The van der Waals surface area contributed by atoms with Crippen LogP contribution in [0.5, 0.6) is 0 Å². The molecule has 5 heteroatoms. The van der Waals surface area contributed by atoms with E-state index in [4.69, 9.17) is 22.4 Å². The van der Waals surface area contributed by atoms with Crippen molar-refractivity contribution in [3.63, 3.8) is 0 Å². The van der Waals surface area contributed by atoms with Gasteiger partial charge in [0.05, 0.1) is 6.26 Å². The van der Waals surface area contributed by atoms with Crippen molar-refractivity contribution in [2.75, 3.05) is 11.9 Å². The number of benzene rings is 1. The molecule has 18 heavy (non-hydrogen) atoms. The van der Waals surface area contributed by atoms with Crippen molar-refractivity contribution in [3.8, 4) is 0 Å². The Morgan fingerprint density at radius 2 is 2.17 bits per heavy atom. The molecule has 0 aliphatic carbocycles. The Morgan fingerprint density at radius 3 is 2.83 bits per heavy atom. The summed E-state index contributed by atoms with van der Waals surface area (Å²) in [4.78, 5) is 0.378. The van der Waals surface area contributed by atoms with Crippen LogP contribution in [-0.2, 0) is 6.42 Å². The first-order chi connectivity index (χ1) is 8.68. The molecule has 2 aromatic rings. The fourth-order valence-corrected chi connectivity index (χ4v) is 2.63. The molecule has 0 saturated carbocycles. The number of halogens is 1. The van der Waals surface area contributed by atoms with Gasteiger partial charge in [-0.1, -0.05) is 18.3 Å². The van der Waals surface area contributed by atoms with Gasteiger partial charge in [-0.2, -0.15) is 0 Å². The van der Waals surface area contributed by atoms with E-state index in [1.54, 1.807) is 6.26 Å². The zero-order valence-corrected chi connectivity index (χ0v) is 12.1. The second kappa shape index (κ2) is 6.02. The number of hydrogen-bond donors (Lipinski definition) is 2. The lowest BCUT2D eigenvalue weighted by Crippen LogP contribution is -2.15. The minimum atomic E-state index is 0.378. The van der Waals surface area contributed by atoms with Crippen LogP contribution in [-0.4, -0.2) is 11.5 Å². The summed E-state index contributed by atoms with van der Waals surface area (Å²) in [5.74, 6) is 0.953. The van der Waals surface area contributed by atoms with E-state index < -0.39 is 0 Å². The Bertz CT molecular complexity index is 540. The van der Waals surface area contributed by atoms with Crippen LogP contribution in [0.15, 0.2) is 45.5 Å². The highest BCUT2D eigenvalue weighted by Crippen LogP contribution is 2.24. The fraction of sp³-hybridized carbons (Fsp3) is 0.154. The SMILES string of the molecule is NC(=S)c1c(Br)cccc1NCCc1ccco1. The topological polar surface area (TPSA) is 51.2 Å². The van der Waals surface area contributed by atoms with Crippen LogP contribution in [0.25, 0.3) is 0 Å². The fourth-order valence-electron chi connectivity index (χ4n) is 1.70. The molecule has 0 atom stereocenters. The van der Waals surface area contributed by atoms with Gasteiger partial charge in [0, 0.05) is 28.7 Å². The number of hydrogen-bond acceptors (Lipinski definition) is 3. The molecule has 0 bridgehead atoms. The van der Waals surface area contributed by atoms with Crippen LogP contribution in [0.3, 0.4) is 0 Å². The number of rotatable bonds is 5. The highest BCUT2D eigenvalue weighted by atomic mass is 79.9. The zero-order valence-electron chi connectivity index (χ0n) is 9.65. The summed E-state index contributed by atoms with van der Waals surface area (Å²) in [5.41, 5.74) is 7.50. The molecule has 0 saturated heterocycles. The maximum atomic E-state index is 5.72. The van der Waals surface area contributed by atoms with Crippen molar-refractivity contribution in [2.24, 2.45) is 5.73 Å². The van der Waals surface area contributed by atoms with E-state index in [2.05, 4.69) is 21.2 Å². The Morgan fingerprint density at radius 1 is 1.33 bits per heavy atom. The van der Waals surface area contributed by atoms with Crippen molar-refractivity contribution >= 4 is 38.8 Å². The van der Waals surface area contributed by atoms with Crippen LogP contribution in [0.4, 0.5) is 5.69 Å². The van der Waals surface area contributed by atoms with Gasteiger partial charge < -0.3 is 15.5 Å². The highest BCUT2D eigenvalue weighted by molar-refractivity contribution is 9.10. The first kappa shape index (κ1) is 13.1. The summed E-state index contributed by atoms with van der Waals surface area (Å²) in [7, 11) is 0. The Balaban J connectivity index is 2.05. The maximum absolute atomic E-state index is 5.72. The largest absolute Gasteiger partial charge is 0.469 e. The first-order valence-electron chi connectivity index (χ1n) is 5.53. The third-order valence-corrected chi connectivity index (χ3v) is 3.39. The van der Waals surface area contributed by atoms with Gasteiger partial charge in [0.1, 0.15) is 10.7 Å². The molecule has 0 amide bonds. The number of furan rings is 1. The van der Waals surface area contributed by atoms with Crippen LogP contribution >= 0.6 is 28.1 Å². The quantitative estimate of drug-likeness (QED) is 0.828. The van der Waals surface area contributed by atoms with Crippen molar-refractivity contribution in [2.45, 2.75) is 6.42 Å². The summed E-state index contributed by atoms with van der Waals surface area (Å²) in [6.07, 6.45) is 2.49. The van der Waals surface area contributed by atoms with Gasteiger partial charge in [0.25, 0.3) is 0 Å². The molecule has 0 aliphatic heterocycles. The molecule has 0 unspecified atom stereocenters. The minimum absolute atomic E-state index is 0.378. The number of thiocarbonyl (C=S) groups is 1. The molecule has 1 aromatic carbocycles. The first-order valence-corrected chi connectivity index (χ1v) is 6.73. The van der Waals surface area contributed by atoms with Crippen LogP contribution in [0, 0.1) is 0 Å². The molecule has 3 nitrogen and oxygen atoms in total. The summed E-state index contributed by atoms with van der Waals surface area (Å²) in [6.45, 7) is 0.763. The van der Waals surface area contributed by atoms with Gasteiger partial charge in [-0.3, -0.25) is 0 Å². The average molecular weight is 325 g/mol. The van der Waals surface area contributed by atoms with Gasteiger partial charge in [0.2, 0.25) is 0 Å². The molecule has 1 aromatic heterocycles. The maximum Gasteiger partial charge on any atom is 0.107 e. The summed E-state index contributed by atoms with van der Waals surface area (Å²) in [5, 5.41) is 3.32. The number of nitrogens with two attached hydrogens (primary N) is 1.